The summed E-state index contributed by atoms with van der Waals surface area (Å²) in [5.41, 5.74) is 3.15. The van der Waals surface area contributed by atoms with Crippen LogP contribution in [0.1, 0.15) is 19.0 Å². The second kappa shape index (κ2) is 7.00. The molecule has 24 heavy (non-hydrogen) atoms. The van der Waals surface area contributed by atoms with Gasteiger partial charge in [0.15, 0.2) is 0 Å². The van der Waals surface area contributed by atoms with Gasteiger partial charge >= 0.3 is 5.97 Å². The molecule has 0 radical (unpaired) electrons. The predicted octanol–water partition coefficient (Wildman–Crippen LogP) is 3.89. The van der Waals surface area contributed by atoms with Gasteiger partial charge in [-0.2, -0.15) is 0 Å². The van der Waals surface area contributed by atoms with Crippen LogP contribution in [-0.2, 0) is 4.79 Å². The third-order valence-corrected chi connectivity index (χ3v) is 3.55. The van der Waals surface area contributed by atoms with E-state index in [1.807, 2.05) is 53.1 Å². The van der Waals surface area contributed by atoms with E-state index in [1.165, 1.54) is 0 Å². The number of aromatic nitrogens is 2. The molecule has 0 aliphatic carbocycles. The number of carboxylic acids is 1. The number of rotatable bonds is 6. The molecule has 0 atom stereocenters. The fourth-order valence-electron chi connectivity index (χ4n) is 2.47. The highest BCUT2D eigenvalue weighted by Gasteiger charge is 2.12. The number of nitrogens with zero attached hydrogens (tertiary/aromatic N) is 2. The zero-order valence-electron chi connectivity index (χ0n) is 13.3. The van der Waals surface area contributed by atoms with Crippen molar-refractivity contribution in [3.8, 4) is 17.0 Å². The highest BCUT2D eigenvalue weighted by atomic mass is 16.5. The molecule has 0 amide bonds. The molecular formula is C19H18N2O3. The number of aliphatic carboxylic acids is 1. The van der Waals surface area contributed by atoms with Crippen LogP contribution in [0.2, 0.25) is 0 Å². The van der Waals surface area contributed by atoms with Gasteiger partial charge in [-0.25, -0.2) is 9.78 Å². The van der Waals surface area contributed by atoms with E-state index in [9.17, 15) is 4.79 Å². The summed E-state index contributed by atoms with van der Waals surface area (Å²) in [6, 6.07) is 13.4. The Morgan fingerprint density at radius 1 is 1.25 bits per heavy atom. The van der Waals surface area contributed by atoms with Gasteiger partial charge in [0.25, 0.3) is 0 Å². The molecule has 0 aliphatic rings. The lowest BCUT2D eigenvalue weighted by atomic mass is 10.1. The van der Waals surface area contributed by atoms with Crippen molar-refractivity contribution in [2.45, 2.75) is 13.3 Å². The maximum absolute atomic E-state index is 10.9. The fourth-order valence-corrected chi connectivity index (χ4v) is 2.47. The first-order valence-electron chi connectivity index (χ1n) is 7.80. The number of fused-ring (bicyclic) bond motifs is 1. The van der Waals surface area contributed by atoms with Gasteiger partial charge in [-0.3, -0.25) is 4.40 Å². The number of imidazole rings is 1. The second-order valence-corrected chi connectivity index (χ2v) is 5.32. The average Bonchev–Trinajstić information content (AvgIpc) is 2.97. The maximum Gasteiger partial charge on any atom is 0.328 e. The van der Waals surface area contributed by atoms with E-state index in [0.29, 0.717) is 6.61 Å². The van der Waals surface area contributed by atoms with Crippen molar-refractivity contribution >= 4 is 17.7 Å². The molecule has 0 spiro atoms. The summed E-state index contributed by atoms with van der Waals surface area (Å²) in [6.45, 7) is 2.74. The van der Waals surface area contributed by atoms with Crippen molar-refractivity contribution in [3.63, 3.8) is 0 Å². The zero-order valence-corrected chi connectivity index (χ0v) is 13.3. The van der Waals surface area contributed by atoms with Crippen molar-refractivity contribution in [1.82, 2.24) is 9.38 Å². The molecule has 1 N–H and O–H groups in total. The monoisotopic (exact) mass is 322 g/mol. The number of hydrogen-bond acceptors (Lipinski definition) is 3. The Morgan fingerprint density at radius 2 is 2.04 bits per heavy atom. The fraction of sp³-hybridized carbons (Fsp3) is 0.158. The smallest absolute Gasteiger partial charge is 0.328 e. The molecule has 0 saturated heterocycles. The third kappa shape index (κ3) is 3.30. The van der Waals surface area contributed by atoms with Crippen LogP contribution in [0.25, 0.3) is 23.0 Å². The molecule has 1 aromatic carbocycles. The van der Waals surface area contributed by atoms with Gasteiger partial charge < -0.3 is 9.84 Å². The zero-order chi connectivity index (χ0) is 16.9. The van der Waals surface area contributed by atoms with Crippen LogP contribution in [0.5, 0.6) is 5.75 Å². The predicted molar refractivity (Wildman–Crippen MR) is 93.1 cm³/mol. The van der Waals surface area contributed by atoms with E-state index in [4.69, 9.17) is 9.84 Å². The molecule has 5 heteroatoms. The molecule has 3 aromatic rings. The molecule has 122 valence electrons. The Morgan fingerprint density at radius 3 is 2.75 bits per heavy atom. The van der Waals surface area contributed by atoms with Crippen molar-refractivity contribution in [2.75, 3.05) is 6.61 Å². The minimum absolute atomic E-state index is 0.681. The van der Waals surface area contributed by atoms with Crippen LogP contribution in [0, 0.1) is 0 Å². The summed E-state index contributed by atoms with van der Waals surface area (Å²) in [7, 11) is 0. The Balaban J connectivity index is 2.04. The van der Waals surface area contributed by atoms with Crippen molar-refractivity contribution in [2.24, 2.45) is 0 Å². The van der Waals surface area contributed by atoms with Crippen LogP contribution in [-0.4, -0.2) is 27.1 Å². The Bertz CT molecular complexity index is 879. The highest BCUT2D eigenvalue weighted by Crippen LogP contribution is 2.27. The van der Waals surface area contributed by atoms with Crippen LogP contribution >= 0.6 is 0 Å². The normalized spacial score (nSPS) is 11.2. The quantitative estimate of drug-likeness (QED) is 0.699. The molecule has 0 aliphatic heterocycles. The van der Waals surface area contributed by atoms with Gasteiger partial charge in [0.05, 0.1) is 18.0 Å². The number of hydrogen-bond donors (Lipinski definition) is 1. The van der Waals surface area contributed by atoms with Crippen molar-refractivity contribution in [1.29, 1.82) is 0 Å². The Labute approximate surface area is 139 Å². The molecule has 5 nitrogen and oxygen atoms in total. The van der Waals surface area contributed by atoms with E-state index in [0.717, 1.165) is 40.8 Å². The number of carboxylic acid groups (broad SMARTS) is 1. The second-order valence-electron chi connectivity index (χ2n) is 5.32. The van der Waals surface area contributed by atoms with E-state index in [2.05, 4.69) is 11.9 Å². The first-order chi connectivity index (χ1) is 11.7. The maximum atomic E-state index is 10.9. The largest absolute Gasteiger partial charge is 0.494 e. The van der Waals surface area contributed by atoms with E-state index >= 15 is 0 Å². The van der Waals surface area contributed by atoms with Crippen LogP contribution in [0.3, 0.4) is 0 Å². The minimum atomic E-state index is -0.991. The standard InChI is InChI=1S/C19H18N2O3/c1-2-13-24-15-8-6-14(7-9-15)19-16(10-11-18(22)23)21-12-4-3-5-17(21)20-19/h3-12H,2,13H2,1H3,(H,22,23)/b11-10+. The number of carbonyl (C=O) groups is 1. The van der Waals surface area contributed by atoms with Gasteiger partial charge in [-0.15, -0.1) is 0 Å². The Hall–Kier alpha value is -3.08. The van der Waals surface area contributed by atoms with Gasteiger partial charge in [0.2, 0.25) is 0 Å². The number of pyridine rings is 1. The molecule has 2 heterocycles. The summed E-state index contributed by atoms with van der Waals surface area (Å²) >= 11 is 0. The molecule has 0 bridgehead atoms. The minimum Gasteiger partial charge on any atom is -0.494 e. The number of ether oxygens (including phenoxy) is 1. The lowest BCUT2D eigenvalue weighted by Gasteiger charge is -2.05. The van der Waals surface area contributed by atoms with E-state index < -0.39 is 5.97 Å². The summed E-state index contributed by atoms with van der Waals surface area (Å²) < 4.78 is 7.47. The SMILES string of the molecule is CCCOc1ccc(-c2nc3ccccn3c2/C=C/C(=O)O)cc1. The highest BCUT2D eigenvalue weighted by molar-refractivity contribution is 5.87. The number of benzene rings is 1. The first-order valence-corrected chi connectivity index (χ1v) is 7.80. The van der Waals surface area contributed by atoms with Gasteiger partial charge in [-0.05, 0) is 48.9 Å². The van der Waals surface area contributed by atoms with Gasteiger partial charge in [0, 0.05) is 17.8 Å². The van der Waals surface area contributed by atoms with E-state index in [-0.39, 0.29) is 0 Å². The van der Waals surface area contributed by atoms with Crippen molar-refractivity contribution in [3.05, 3.63) is 60.4 Å². The third-order valence-electron chi connectivity index (χ3n) is 3.55. The molecular weight excluding hydrogens is 304 g/mol. The molecule has 3 rings (SSSR count). The lowest BCUT2D eigenvalue weighted by Crippen LogP contribution is -1.94. The molecule has 2 aromatic heterocycles. The molecule has 0 unspecified atom stereocenters. The van der Waals surface area contributed by atoms with Crippen molar-refractivity contribution < 1.29 is 14.6 Å². The van der Waals surface area contributed by atoms with Gasteiger partial charge in [-0.1, -0.05) is 13.0 Å². The summed E-state index contributed by atoms with van der Waals surface area (Å²) in [5, 5.41) is 8.93. The molecule has 0 fully saturated rings. The lowest BCUT2D eigenvalue weighted by molar-refractivity contribution is -0.131. The van der Waals surface area contributed by atoms with Gasteiger partial charge in [0.1, 0.15) is 11.4 Å². The van der Waals surface area contributed by atoms with Crippen LogP contribution < -0.4 is 4.74 Å². The summed E-state index contributed by atoms with van der Waals surface area (Å²) in [6.07, 6.45) is 5.52. The molecule has 0 saturated carbocycles. The van der Waals surface area contributed by atoms with Crippen LogP contribution in [0.4, 0.5) is 0 Å². The Kier molecular flexibility index (Phi) is 4.61. The topological polar surface area (TPSA) is 63.8 Å². The summed E-state index contributed by atoms with van der Waals surface area (Å²) in [4.78, 5) is 15.5. The first kappa shape index (κ1) is 15.8. The summed E-state index contributed by atoms with van der Waals surface area (Å²) in [5.74, 6) is -0.179. The van der Waals surface area contributed by atoms with Crippen LogP contribution in [0.15, 0.2) is 54.7 Å². The van der Waals surface area contributed by atoms with E-state index in [1.54, 1.807) is 6.08 Å². The average molecular weight is 322 g/mol.